The summed E-state index contributed by atoms with van der Waals surface area (Å²) in [5.41, 5.74) is 0.235. The number of halogens is 3. The molecule has 0 bridgehead atoms. The fourth-order valence-corrected chi connectivity index (χ4v) is 1.72. The van der Waals surface area contributed by atoms with E-state index in [2.05, 4.69) is 22.6 Å². The van der Waals surface area contributed by atoms with Gasteiger partial charge in [-0.1, -0.05) is 0 Å². The van der Waals surface area contributed by atoms with Crippen LogP contribution in [0.1, 0.15) is 5.69 Å². The van der Waals surface area contributed by atoms with Crippen LogP contribution in [0.5, 0.6) is 0 Å². The van der Waals surface area contributed by atoms with Gasteiger partial charge in [0, 0.05) is 15.5 Å². The van der Waals surface area contributed by atoms with E-state index in [9.17, 15) is 8.78 Å². The van der Waals surface area contributed by atoms with Crippen molar-refractivity contribution in [3.8, 4) is 11.8 Å². The maximum atomic E-state index is 13.2. The lowest BCUT2D eigenvalue weighted by Crippen LogP contribution is -1.96. The van der Waals surface area contributed by atoms with Gasteiger partial charge < -0.3 is 4.57 Å². The average molecular weight is 330 g/mol. The van der Waals surface area contributed by atoms with Gasteiger partial charge in [-0.15, -0.1) is 0 Å². The molecule has 0 amide bonds. The molecule has 2 aromatic rings. The van der Waals surface area contributed by atoms with Gasteiger partial charge in [-0.2, -0.15) is 5.26 Å². The molecule has 0 aliphatic carbocycles. The normalized spacial score (nSPS) is 10.1. The van der Waals surface area contributed by atoms with E-state index >= 15 is 0 Å². The Labute approximate surface area is 104 Å². The summed E-state index contributed by atoms with van der Waals surface area (Å²) in [6.07, 6.45) is 0.968. The zero-order valence-corrected chi connectivity index (χ0v) is 10.1. The number of hydrogen-bond donors (Lipinski definition) is 0. The Kier molecular flexibility index (Phi) is 2.92. The second-order valence-corrected chi connectivity index (χ2v) is 4.34. The van der Waals surface area contributed by atoms with Gasteiger partial charge in [0.1, 0.15) is 6.07 Å². The van der Waals surface area contributed by atoms with Crippen molar-refractivity contribution in [3.05, 3.63) is 51.4 Å². The molecule has 16 heavy (non-hydrogen) atoms. The first-order valence-electron chi connectivity index (χ1n) is 4.36. The molecule has 5 heteroatoms. The third-order valence-corrected chi connectivity index (χ3v) is 2.83. The lowest BCUT2D eigenvalue weighted by molar-refractivity contribution is 0.514. The van der Waals surface area contributed by atoms with Crippen molar-refractivity contribution in [1.29, 1.82) is 5.26 Å². The van der Waals surface area contributed by atoms with Crippen molar-refractivity contribution < 1.29 is 8.78 Å². The van der Waals surface area contributed by atoms with Crippen LogP contribution in [0.3, 0.4) is 0 Å². The Balaban J connectivity index is 2.61. The van der Waals surface area contributed by atoms with Crippen LogP contribution >= 0.6 is 22.6 Å². The Morgan fingerprint density at radius 3 is 2.38 bits per heavy atom. The molecule has 0 unspecified atom stereocenters. The molecule has 0 N–H and O–H groups in total. The molecule has 1 aromatic carbocycles. The number of hydrogen-bond acceptors (Lipinski definition) is 1. The van der Waals surface area contributed by atoms with Crippen LogP contribution < -0.4 is 0 Å². The molecule has 0 fully saturated rings. The maximum absolute atomic E-state index is 13.2. The third kappa shape index (κ3) is 1.80. The van der Waals surface area contributed by atoms with Crippen LogP contribution in [0.15, 0.2) is 30.5 Å². The first kappa shape index (κ1) is 11.1. The molecule has 0 radical (unpaired) electrons. The zero-order chi connectivity index (χ0) is 11.7. The summed E-state index contributed by atoms with van der Waals surface area (Å²) < 4.78 is 28.4. The minimum Gasteiger partial charge on any atom is -0.303 e. The first-order chi connectivity index (χ1) is 7.63. The molecule has 2 nitrogen and oxygen atoms in total. The van der Waals surface area contributed by atoms with E-state index in [0.717, 1.165) is 9.77 Å². The van der Waals surface area contributed by atoms with Crippen LogP contribution in [0.4, 0.5) is 8.78 Å². The van der Waals surface area contributed by atoms with Crippen LogP contribution in [0, 0.1) is 26.5 Å². The minimum absolute atomic E-state index is 0.321. The number of rotatable bonds is 1. The molecular formula is C11H5F2IN2. The lowest BCUT2D eigenvalue weighted by atomic mass is 10.3. The fraction of sp³-hybridized carbons (Fsp3) is 0. The summed E-state index contributed by atoms with van der Waals surface area (Å²) in [5, 5.41) is 8.75. The van der Waals surface area contributed by atoms with Crippen LogP contribution in [0.25, 0.3) is 5.69 Å². The largest absolute Gasteiger partial charge is 0.303 e. The summed E-state index contributed by atoms with van der Waals surface area (Å²) in [6, 6.07) is 8.63. The van der Waals surface area contributed by atoms with Crippen molar-refractivity contribution in [2.24, 2.45) is 0 Å². The highest BCUT2D eigenvalue weighted by Crippen LogP contribution is 2.19. The first-order valence-corrected chi connectivity index (χ1v) is 5.43. The van der Waals surface area contributed by atoms with E-state index in [4.69, 9.17) is 5.26 Å². The number of nitrogens with zero attached hydrogens (tertiary/aromatic N) is 2. The van der Waals surface area contributed by atoms with Gasteiger partial charge in [-0.3, -0.25) is 0 Å². The molecule has 80 valence electrons. The number of nitriles is 1. The monoisotopic (exact) mass is 330 g/mol. The highest BCUT2D eigenvalue weighted by atomic mass is 127. The molecule has 0 aliphatic heterocycles. The van der Waals surface area contributed by atoms with E-state index in [1.165, 1.54) is 4.57 Å². The smallest absolute Gasteiger partial charge is 0.195 e. The van der Waals surface area contributed by atoms with Crippen LogP contribution in [0.2, 0.25) is 0 Å². The average Bonchev–Trinajstić information content (AvgIpc) is 2.56. The summed E-state index contributed by atoms with van der Waals surface area (Å²) >= 11 is 2.12. The van der Waals surface area contributed by atoms with Gasteiger partial charge in [0.25, 0.3) is 0 Å². The Morgan fingerprint density at radius 2 is 1.81 bits per heavy atom. The Morgan fingerprint density at radius 1 is 1.19 bits per heavy atom. The van der Waals surface area contributed by atoms with E-state index in [0.29, 0.717) is 5.69 Å². The molecular weight excluding hydrogens is 325 g/mol. The molecule has 0 saturated heterocycles. The molecule has 1 aromatic heterocycles. The van der Waals surface area contributed by atoms with Crippen molar-refractivity contribution in [2.45, 2.75) is 0 Å². The van der Waals surface area contributed by atoms with Crippen molar-refractivity contribution in [2.75, 3.05) is 0 Å². The van der Waals surface area contributed by atoms with Crippen molar-refractivity contribution in [1.82, 2.24) is 4.57 Å². The summed E-state index contributed by atoms with van der Waals surface area (Å²) in [6.45, 7) is 0. The van der Waals surface area contributed by atoms with Gasteiger partial charge in [0.15, 0.2) is 17.3 Å². The van der Waals surface area contributed by atoms with E-state index in [-0.39, 0.29) is 5.69 Å². The SMILES string of the molecule is N#Cc1c(F)c(F)cn1-c1ccc(I)cc1. The van der Waals surface area contributed by atoms with Gasteiger partial charge in [-0.25, -0.2) is 8.78 Å². The van der Waals surface area contributed by atoms with E-state index in [1.807, 2.05) is 0 Å². The summed E-state index contributed by atoms with van der Waals surface area (Å²) in [4.78, 5) is 0. The van der Waals surface area contributed by atoms with Crippen molar-refractivity contribution in [3.63, 3.8) is 0 Å². The Hall–Kier alpha value is -1.42. The van der Waals surface area contributed by atoms with E-state index < -0.39 is 11.6 Å². The fourth-order valence-electron chi connectivity index (χ4n) is 1.36. The predicted molar refractivity (Wildman–Crippen MR) is 63.1 cm³/mol. The highest BCUT2D eigenvalue weighted by Gasteiger charge is 2.16. The molecule has 0 aliphatic rings. The molecule has 1 heterocycles. The summed E-state index contributed by atoms with van der Waals surface area (Å²) in [7, 11) is 0. The highest BCUT2D eigenvalue weighted by molar-refractivity contribution is 14.1. The maximum Gasteiger partial charge on any atom is 0.195 e. The standard InChI is InChI=1S/C11H5F2IN2/c12-9-6-16(10(5-15)11(9)13)8-3-1-7(14)2-4-8/h1-4,6H. The van der Waals surface area contributed by atoms with Gasteiger partial charge in [0.05, 0.1) is 0 Å². The topological polar surface area (TPSA) is 28.7 Å². The van der Waals surface area contributed by atoms with Crippen molar-refractivity contribution >= 4 is 22.6 Å². The lowest BCUT2D eigenvalue weighted by Gasteiger charge is -2.03. The van der Waals surface area contributed by atoms with Gasteiger partial charge in [0.2, 0.25) is 0 Å². The second-order valence-electron chi connectivity index (χ2n) is 3.10. The van der Waals surface area contributed by atoms with Gasteiger partial charge in [-0.05, 0) is 46.9 Å². The second kappa shape index (κ2) is 4.22. The van der Waals surface area contributed by atoms with Crippen LogP contribution in [-0.2, 0) is 0 Å². The number of aromatic nitrogens is 1. The molecule has 0 atom stereocenters. The summed E-state index contributed by atoms with van der Waals surface area (Å²) in [5.74, 6) is -2.13. The third-order valence-electron chi connectivity index (χ3n) is 2.11. The minimum atomic E-state index is -1.11. The zero-order valence-electron chi connectivity index (χ0n) is 7.92. The van der Waals surface area contributed by atoms with Gasteiger partial charge >= 0.3 is 0 Å². The quantitative estimate of drug-likeness (QED) is 0.738. The van der Waals surface area contributed by atoms with E-state index in [1.54, 1.807) is 30.3 Å². The molecule has 2 rings (SSSR count). The predicted octanol–water partition coefficient (Wildman–Crippen LogP) is 3.23. The molecule has 0 spiro atoms. The Bertz CT molecular complexity index is 567. The molecule has 0 saturated carbocycles. The number of benzene rings is 1. The van der Waals surface area contributed by atoms with Crippen LogP contribution in [-0.4, -0.2) is 4.57 Å².